The number of likely N-dealkylation sites (tertiary alicyclic amines) is 1. The average molecular weight is 273 g/mol. The summed E-state index contributed by atoms with van der Waals surface area (Å²) in [5.74, 6) is -0.0339. The Kier molecular flexibility index (Phi) is 2.77. The average Bonchev–Trinajstić information content (AvgIpc) is 2.86. The Bertz CT molecular complexity index is 353. The van der Waals surface area contributed by atoms with Crippen molar-refractivity contribution in [3.8, 4) is 0 Å². The van der Waals surface area contributed by atoms with E-state index in [0.29, 0.717) is 5.69 Å². The molecule has 1 aromatic rings. The van der Waals surface area contributed by atoms with Crippen LogP contribution in [-0.2, 0) is 0 Å². The summed E-state index contributed by atoms with van der Waals surface area (Å²) in [5.41, 5.74) is 0.591. The molecule has 0 aliphatic carbocycles. The molecule has 6 heteroatoms. The number of halogens is 1. The first kappa shape index (κ1) is 10.6. The molecule has 0 bridgehead atoms. The second kappa shape index (κ2) is 3.92. The molecule has 1 saturated heterocycles. The zero-order valence-corrected chi connectivity index (χ0v) is 10.1. The lowest BCUT2D eigenvalue weighted by molar-refractivity contribution is 0.0773. The van der Waals surface area contributed by atoms with Crippen molar-refractivity contribution in [1.29, 1.82) is 0 Å². The minimum atomic E-state index is -0.0339. The molecule has 2 rings (SSSR count). The molecule has 5 nitrogen and oxygen atoms in total. The normalized spacial score (nSPS) is 25.9. The van der Waals surface area contributed by atoms with Gasteiger partial charge in [0.2, 0.25) is 0 Å². The largest absolute Gasteiger partial charge is 0.337 e. The maximum absolute atomic E-state index is 11.9. The molecular weight excluding hydrogens is 260 g/mol. The number of carbonyl (C=O) groups is 1. The van der Waals surface area contributed by atoms with Gasteiger partial charge in [-0.1, -0.05) is 22.9 Å². The third kappa shape index (κ3) is 2.04. The van der Waals surface area contributed by atoms with Crippen LogP contribution in [-0.4, -0.2) is 44.6 Å². The highest BCUT2D eigenvalue weighted by Gasteiger charge is 2.35. The van der Waals surface area contributed by atoms with Crippen molar-refractivity contribution in [3.63, 3.8) is 0 Å². The number of carbonyl (C=O) groups excluding carboxylic acids is 1. The predicted molar refractivity (Wildman–Crippen MR) is 58.8 cm³/mol. The van der Waals surface area contributed by atoms with Gasteiger partial charge in [0.15, 0.2) is 5.69 Å². The fourth-order valence-electron chi connectivity index (χ4n) is 1.77. The van der Waals surface area contributed by atoms with E-state index < -0.39 is 0 Å². The number of hydrogen-bond donors (Lipinski definition) is 1. The lowest BCUT2D eigenvalue weighted by Crippen LogP contribution is -2.31. The summed E-state index contributed by atoms with van der Waals surface area (Å²) in [6, 6.07) is 0. The molecule has 1 aliphatic heterocycles. The van der Waals surface area contributed by atoms with E-state index >= 15 is 0 Å². The Morgan fingerprint density at radius 3 is 3.13 bits per heavy atom. The van der Waals surface area contributed by atoms with Crippen molar-refractivity contribution in [3.05, 3.63) is 11.9 Å². The molecule has 0 aromatic carbocycles. The van der Waals surface area contributed by atoms with Crippen molar-refractivity contribution < 1.29 is 4.79 Å². The van der Waals surface area contributed by atoms with E-state index in [1.807, 2.05) is 4.90 Å². The van der Waals surface area contributed by atoms with Crippen molar-refractivity contribution >= 4 is 21.8 Å². The number of alkyl halides is 1. The fraction of sp³-hybridized carbons (Fsp3) is 0.667. The molecule has 0 spiro atoms. The number of nitrogens with zero attached hydrogens (tertiary/aromatic N) is 3. The number of nitrogens with one attached hydrogen (secondary N) is 1. The second-order valence-corrected chi connectivity index (χ2v) is 4.84. The van der Waals surface area contributed by atoms with E-state index in [-0.39, 0.29) is 11.3 Å². The number of aromatic nitrogens is 3. The molecule has 1 fully saturated rings. The van der Waals surface area contributed by atoms with Crippen LogP contribution in [0.3, 0.4) is 0 Å². The van der Waals surface area contributed by atoms with Gasteiger partial charge in [-0.05, 0) is 11.8 Å². The molecule has 1 N–H and O–H groups in total. The Morgan fingerprint density at radius 2 is 2.60 bits per heavy atom. The number of rotatable bonds is 2. The number of amides is 1. The first-order chi connectivity index (χ1) is 7.14. The molecule has 2 heterocycles. The van der Waals surface area contributed by atoms with Gasteiger partial charge in [-0.15, -0.1) is 0 Å². The van der Waals surface area contributed by atoms with Crippen LogP contribution in [0.2, 0.25) is 0 Å². The quantitative estimate of drug-likeness (QED) is 0.819. The third-order valence-electron chi connectivity index (χ3n) is 2.80. The van der Waals surface area contributed by atoms with Crippen molar-refractivity contribution in [2.45, 2.75) is 13.3 Å². The Morgan fingerprint density at radius 1 is 1.80 bits per heavy atom. The van der Waals surface area contributed by atoms with Gasteiger partial charge >= 0.3 is 0 Å². The molecule has 0 saturated carbocycles. The maximum atomic E-state index is 11.9. The van der Waals surface area contributed by atoms with E-state index in [4.69, 9.17) is 0 Å². The fourth-order valence-corrected chi connectivity index (χ4v) is 2.23. The summed E-state index contributed by atoms with van der Waals surface area (Å²) in [7, 11) is 0. The second-order valence-electron chi connectivity index (χ2n) is 4.28. The zero-order chi connectivity index (χ0) is 10.9. The number of hydrogen-bond acceptors (Lipinski definition) is 3. The minimum absolute atomic E-state index is 0.0339. The number of aromatic amines is 1. The standard InChI is InChI=1S/C9H13BrN4O/c1-9(5-10)2-3-14(6-9)8(15)7-4-11-13-12-7/h4H,2-3,5-6H2,1H3,(H,11,12,13). The molecule has 82 valence electrons. The van der Waals surface area contributed by atoms with E-state index in [1.54, 1.807) is 0 Å². The molecule has 1 aliphatic rings. The van der Waals surface area contributed by atoms with Crippen LogP contribution in [0.5, 0.6) is 0 Å². The van der Waals surface area contributed by atoms with Crippen molar-refractivity contribution in [2.75, 3.05) is 18.4 Å². The summed E-state index contributed by atoms with van der Waals surface area (Å²) in [4.78, 5) is 13.7. The van der Waals surface area contributed by atoms with Crippen LogP contribution in [0.15, 0.2) is 6.20 Å². The summed E-state index contributed by atoms with van der Waals surface area (Å²) < 4.78 is 0. The topological polar surface area (TPSA) is 61.9 Å². The number of H-pyrrole nitrogens is 1. The van der Waals surface area contributed by atoms with Gasteiger partial charge in [-0.3, -0.25) is 4.79 Å². The lowest BCUT2D eigenvalue weighted by Gasteiger charge is -2.21. The molecule has 15 heavy (non-hydrogen) atoms. The maximum Gasteiger partial charge on any atom is 0.276 e. The molecule has 1 amide bonds. The summed E-state index contributed by atoms with van der Waals surface area (Å²) in [6.07, 6.45) is 2.49. The molecular formula is C9H13BrN4O. The smallest absolute Gasteiger partial charge is 0.276 e. The van der Waals surface area contributed by atoms with E-state index in [9.17, 15) is 4.79 Å². The third-order valence-corrected chi connectivity index (χ3v) is 4.16. The van der Waals surface area contributed by atoms with Gasteiger partial charge in [0.05, 0.1) is 6.20 Å². The van der Waals surface area contributed by atoms with Crippen LogP contribution in [0.1, 0.15) is 23.8 Å². The van der Waals surface area contributed by atoms with Gasteiger partial charge in [-0.2, -0.15) is 15.4 Å². The lowest BCUT2D eigenvalue weighted by atomic mass is 9.93. The SMILES string of the molecule is CC1(CBr)CCN(C(=O)c2cn[nH]n2)C1. The van der Waals surface area contributed by atoms with E-state index in [0.717, 1.165) is 24.8 Å². The molecule has 0 radical (unpaired) electrons. The van der Waals surface area contributed by atoms with Crippen LogP contribution < -0.4 is 0 Å². The van der Waals surface area contributed by atoms with Gasteiger partial charge in [0, 0.05) is 18.4 Å². The minimum Gasteiger partial charge on any atom is -0.337 e. The summed E-state index contributed by atoms with van der Waals surface area (Å²) in [6.45, 7) is 3.76. The highest BCUT2D eigenvalue weighted by molar-refractivity contribution is 9.09. The van der Waals surface area contributed by atoms with Crippen LogP contribution >= 0.6 is 15.9 Å². The van der Waals surface area contributed by atoms with Crippen molar-refractivity contribution in [1.82, 2.24) is 20.3 Å². The molecule has 1 unspecified atom stereocenters. The predicted octanol–water partition coefficient (Wildman–Crippen LogP) is 1.05. The van der Waals surface area contributed by atoms with Gasteiger partial charge in [0.25, 0.3) is 5.91 Å². The van der Waals surface area contributed by atoms with Crippen LogP contribution in [0.4, 0.5) is 0 Å². The van der Waals surface area contributed by atoms with Gasteiger partial charge in [-0.25, -0.2) is 0 Å². The highest BCUT2D eigenvalue weighted by atomic mass is 79.9. The highest BCUT2D eigenvalue weighted by Crippen LogP contribution is 2.32. The molecule has 1 atom stereocenters. The Hall–Kier alpha value is -0.910. The van der Waals surface area contributed by atoms with Crippen molar-refractivity contribution in [2.24, 2.45) is 5.41 Å². The van der Waals surface area contributed by atoms with E-state index in [1.165, 1.54) is 6.20 Å². The molecule has 1 aromatic heterocycles. The first-order valence-corrected chi connectivity index (χ1v) is 5.98. The van der Waals surface area contributed by atoms with Crippen LogP contribution in [0, 0.1) is 5.41 Å². The Balaban J connectivity index is 2.06. The first-order valence-electron chi connectivity index (χ1n) is 4.86. The summed E-state index contributed by atoms with van der Waals surface area (Å²) >= 11 is 3.49. The van der Waals surface area contributed by atoms with Crippen LogP contribution in [0.25, 0.3) is 0 Å². The summed E-state index contributed by atoms with van der Waals surface area (Å²) in [5, 5.41) is 10.8. The van der Waals surface area contributed by atoms with E-state index in [2.05, 4.69) is 38.3 Å². The van der Waals surface area contributed by atoms with Gasteiger partial charge < -0.3 is 4.90 Å². The zero-order valence-electron chi connectivity index (χ0n) is 8.53. The Labute approximate surface area is 96.4 Å². The van der Waals surface area contributed by atoms with Gasteiger partial charge in [0.1, 0.15) is 0 Å². The monoisotopic (exact) mass is 272 g/mol.